The predicted molar refractivity (Wildman–Crippen MR) is 251 cm³/mol. The molecule has 0 aromatic carbocycles. The molecule has 11 aliphatic rings. The molecule has 1 saturated heterocycles. The van der Waals surface area contributed by atoms with Gasteiger partial charge in [0.2, 0.25) is 0 Å². The number of ketones is 1. The number of dihydropyridines is 1. The number of ether oxygens (including phenoxy) is 1. The van der Waals surface area contributed by atoms with Crippen LogP contribution >= 0.6 is 0 Å². The molecule has 2 bridgehead atoms. The number of rotatable bonds is 11. The molecule has 19 unspecified atom stereocenters. The molecular formula is C54H81N3O9. The zero-order valence-corrected chi connectivity index (χ0v) is 40.1. The van der Waals surface area contributed by atoms with Gasteiger partial charge in [-0.05, 0) is 150 Å². The number of carbonyl (C=O) groups excluding carboxylic acids is 1. The number of allylic oxidation sites excluding steroid dienone is 8. The van der Waals surface area contributed by atoms with Crippen LogP contribution in [-0.4, -0.2) is 108 Å². The van der Waals surface area contributed by atoms with E-state index in [4.69, 9.17) is 10.5 Å². The second-order valence-corrected chi connectivity index (χ2v) is 23.9. The monoisotopic (exact) mass is 916 g/mol. The van der Waals surface area contributed by atoms with E-state index in [1.54, 1.807) is 6.92 Å². The lowest BCUT2D eigenvalue weighted by atomic mass is 9.33. The Morgan fingerprint density at radius 1 is 1.00 bits per heavy atom. The van der Waals surface area contributed by atoms with Crippen LogP contribution in [0.1, 0.15) is 143 Å². The van der Waals surface area contributed by atoms with Crippen LogP contribution in [0.25, 0.3) is 0 Å². The highest BCUT2D eigenvalue weighted by Gasteiger charge is 2.80. The maximum absolute atomic E-state index is 15.7. The zero-order valence-electron chi connectivity index (χ0n) is 40.1. The van der Waals surface area contributed by atoms with Crippen molar-refractivity contribution in [1.29, 1.82) is 0 Å². The average Bonchev–Trinajstić information content (AvgIpc) is 3.44. The van der Waals surface area contributed by atoms with Crippen molar-refractivity contribution in [3.8, 4) is 0 Å². The third kappa shape index (κ3) is 6.50. The highest BCUT2D eigenvalue weighted by atomic mass is 16.5. The fourth-order valence-corrected chi connectivity index (χ4v) is 17.7. The quantitative estimate of drug-likeness (QED) is 0.123. The highest BCUT2D eigenvalue weighted by molar-refractivity contribution is 6.01. The van der Waals surface area contributed by atoms with Gasteiger partial charge in [-0.3, -0.25) is 4.79 Å². The van der Waals surface area contributed by atoms with Crippen molar-refractivity contribution in [2.45, 2.75) is 197 Å². The molecule has 0 aromatic heterocycles. The van der Waals surface area contributed by atoms with E-state index in [9.17, 15) is 35.7 Å². The molecule has 0 aromatic rings. The molecule has 19 atom stereocenters. The summed E-state index contributed by atoms with van der Waals surface area (Å²) >= 11 is 0. The van der Waals surface area contributed by atoms with Gasteiger partial charge in [-0.15, -0.1) is 0 Å². The maximum atomic E-state index is 15.7. The second kappa shape index (κ2) is 16.6. The van der Waals surface area contributed by atoms with E-state index in [0.717, 1.165) is 49.8 Å². The minimum absolute atomic E-state index is 0.00759. The lowest BCUT2D eigenvalue weighted by Gasteiger charge is -2.71. The Kier molecular flexibility index (Phi) is 11.9. The molecular weight excluding hydrogens is 835 g/mol. The third-order valence-electron chi connectivity index (χ3n) is 20.6. The minimum atomic E-state index is -1.69. The van der Waals surface area contributed by atoms with Crippen LogP contribution in [0, 0.1) is 57.2 Å². The molecule has 2 aliphatic heterocycles. The van der Waals surface area contributed by atoms with Gasteiger partial charge in [-0.25, -0.2) is 0 Å². The van der Waals surface area contributed by atoms with E-state index >= 15 is 4.79 Å². The Labute approximate surface area is 392 Å². The van der Waals surface area contributed by atoms with Crippen LogP contribution in [-0.2, 0) is 9.53 Å². The van der Waals surface area contributed by atoms with Crippen LogP contribution in [0.5, 0.6) is 0 Å². The van der Waals surface area contributed by atoms with Gasteiger partial charge < -0.3 is 56.8 Å². The Morgan fingerprint density at radius 2 is 1.79 bits per heavy atom. The van der Waals surface area contributed by atoms with Gasteiger partial charge in [0.1, 0.15) is 5.60 Å². The normalized spacial score (nSPS) is 49.4. The van der Waals surface area contributed by atoms with Crippen LogP contribution in [0.15, 0.2) is 59.0 Å². The van der Waals surface area contributed by atoms with Crippen molar-refractivity contribution in [2.24, 2.45) is 62.9 Å². The number of fused-ring (bicyclic) bond motifs is 5. The van der Waals surface area contributed by atoms with E-state index in [1.807, 2.05) is 13.0 Å². The fraction of sp³-hybridized carbons (Fsp3) is 0.796. The van der Waals surface area contributed by atoms with Gasteiger partial charge in [0, 0.05) is 41.0 Å². The number of Topliss-reactive ketones (excluding diaryl/α,β-unsaturated/α-hetero) is 1. The molecule has 0 amide bonds. The molecule has 9 aliphatic carbocycles. The largest absolute Gasteiger partial charge is 0.396 e. The number of nitrogens with one attached hydrogen (secondary N) is 2. The van der Waals surface area contributed by atoms with Gasteiger partial charge >= 0.3 is 0 Å². The number of hydrogen-bond donors (Lipinski definition) is 10. The Hall–Kier alpha value is -2.39. The van der Waals surface area contributed by atoms with E-state index in [-0.39, 0.29) is 61.8 Å². The summed E-state index contributed by atoms with van der Waals surface area (Å²) in [6, 6.07) is 0. The van der Waals surface area contributed by atoms with Crippen LogP contribution < -0.4 is 16.4 Å². The zero-order chi connectivity index (χ0) is 46.8. The summed E-state index contributed by atoms with van der Waals surface area (Å²) in [7, 11) is 0. The number of carbonyl (C=O) groups is 1. The van der Waals surface area contributed by atoms with E-state index in [0.29, 0.717) is 55.9 Å². The van der Waals surface area contributed by atoms with Crippen LogP contribution in [0.4, 0.5) is 0 Å². The van der Waals surface area contributed by atoms with E-state index < -0.39 is 80.9 Å². The summed E-state index contributed by atoms with van der Waals surface area (Å²) in [5.41, 5.74) is 0.445. The molecule has 11 rings (SSSR count). The number of aliphatic hydroxyl groups excluding tert-OH is 4. The molecule has 5 saturated carbocycles. The number of aliphatic hydroxyl groups is 7. The van der Waals surface area contributed by atoms with Gasteiger partial charge in [-0.1, -0.05) is 76.3 Å². The Balaban J connectivity index is 1.13. The fourth-order valence-electron chi connectivity index (χ4n) is 17.7. The molecule has 0 radical (unpaired) electrons. The topological polar surface area (TPSA) is 218 Å². The number of hydrogen-bond acceptors (Lipinski definition) is 12. The van der Waals surface area contributed by atoms with Gasteiger partial charge in [-0.2, -0.15) is 0 Å². The summed E-state index contributed by atoms with van der Waals surface area (Å²) in [4.78, 5) is 15.7. The first-order chi connectivity index (χ1) is 31.4. The second-order valence-electron chi connectivity index (χ2n) is 23.9. The first-order valence-electron chi connectivity index (χ1n) is 26.2. The van der Waals surface area contributed by atoms with Crippen molar-refractivity contribution in [2.75, 3.05) is 13.2 Å². The highest BCUT2D eigenvalue weighted by Crippen LogP contribution is 2.80. The van der Waals surface area contributed by atoms with E-state index in [1.165, 1.54) is 19.3 Å². The smallest absolute Gasteiger partial charge is 0.182 e. The minimum Gasteiger partial charge on any atom is -0.396 e. The first-order valence-corrected chi connectivity index (χ1v) is 26.2. The van der Waals surface area contributed by atoms with Crippen LogP contribution in [0.2, 0.25) is 0 Å². The van der Waals surface area contributed by atoms with Gasteiger partial charge in [0.15, 0.2) is 5.78 Å². The summed E-state index contributed by atoms with van der Waals surface area (Å²) in [5, 5.41) is 92.4. The van der Waals surface area contributed by atoms with Crippen molar-refractivity contribution in [3.63, 3.8) is 0 Å². The number of nitrogens with two attached hydrogens (primary N) is 1. The molecule has 2 heterocycles. The predicted octanol–water partition coefficient (Wildman–Crippen LogP) is 5.10. The molecule has 66 heavy (non-hydrogen) atoms. The summed E-state index contributed by atoms with van der Waals surface area (Å²) in [6.45, 7) is 7.89. The molecule has 2 spiro atoms. The van der Waals surface area contributed by atoms with Crippen molar-refractivity contribution in [1.82, 2.24) is 10.6 Å². The maximum Gasteiger partial charge on any atom is 0.182 e. The van der Waals surface area contributed by atoms with Crippen molar-refractivity contribution in [3.05, 3.63) is 59.0 Å². The first kappa shape index (κ1) is 47.3. The lowest BCUT2D eigenvalue weighted by molar-refractivity contribution is -0.256. The Bertz CT molecular complexity index is 2080. The van der Waals surface area contributed by atoms with Gasteiger partial charge in [0.25, 0.3) is 0 Å². The molecule has 366 valence electrons. The molecule has 6 fully saturated rings. The SMILES string of the molecule is CCCC1CCC2OC3C(CCCCC3(O)C(C)(O)C3CCC4(O)C5=C(NCC(C)O)C(=O)C6CC(O)C(O)CC67CC6(C8=C(CCCO)NC(N)C=C8)C=CC(CC34C)C57C=C6)C2CC1. The molecule has 11 N–H and O–H groups in total. The lowest BCUT2D eigenvalue weighted by Crippen LogP contribution is -2.73. The molecule has 12 heteroatoms. The van der Waals surface area contributed by atoms with Crippen LogP contribution in [0.3, 0.4) is 0 Å². The van der Waals surface area contributed by atoms with E-state index in [2.05, 4.69) is 54.9 Å². The summed E-state index contributed by atoms with van der Waals surface area (Å²) in [5.74, 6) is -0.715. The van der Waals surface area contributed by atoms with Crippen molar-refractivity contribution >= 4 is 5.78 Å². The Morgan fingerprint density at radius 3 is 2.55 bits per heavy atom. The van der Waals surface area contributed by atoms with Crippen molar-refractivity contribution < 1.29 is 45.3 Å². The summed E-state index contributed by atoms with van der Waals surface area (Å²) in [6.07, 6.45) is 21.7. The molecule has 12 nitrogen and oxygen atoms in total. The summed E-state index contributed by atoms with van der Waals surface area (Å²) < 4.78 is 7.13. The standard InChI is InChI=1S/C54H81N3O9/c1-5-9-32-12-14-34-35-10-6-7-20-54(65,47(35)66-41(34)16-13-32)49(4,63)42-19-22-53(64)46-44(56-29-31(2)59)45(62)37-26-39(60)40(61)28-51(37)30-50(36-15-17-43(55)57-38(36)11-8-25-58)21-18-33(27-48(42,53)3)52(46,51)24-23-50/h15,17-18,21,23-24,31-35,37,39-43,47,56-61,63-65H,5-14,16,19-20,22,25-30,55H2,1-4H3. The average molecular weight is 916 g/mol. The third-order valence-corrected chi connectivity index (χ3v) is 20.6. The van der Waals surface area contributed by atoms with Gasteiger partial charge in [0.05, 0.1) is 53.6 Å².